The average Bonchev–Trinajstić information content (AvgIpc) is 3.69. The molecule has 0 spiro atoms. The number of fused-ring (bicyclic) bond motifs is 6. The Morgan fingerprint density at radius 2 is 0.750 bits per heavy atom. The number of furan rings is 1. The predicted octanol–water partition coefficient (Wildman–Crippen LogP) is 10.6. The van der Waals surface area contributed by atoms with Crippen LogP contribution in [0, 0.1) is 0 Å². The van der Waals surface area contributed by atoms with Crippen molar-refractivity contribution in [3.8, 4) is 67.5 Å². The third kappa shape index (κ3) is 5.01. The van der Waals surface area contributed by atoms with Gasteiger partial charge in [0.25, 0.3) is 0 Å². The second-order valence-corrected chi connectivity index (χ2v) is 19.4. The molecule has 9 aromatic rings. The van der Waals surface area contributed by atoms with Crippen molar-refractivity contribution in [1.29, 1.82) is 0 Å². The first-order chi connectivity index (χ1) is 25.5. The molecule has 0 amide bonds. The van der Waals surface area contributed by atoms with E-state index in [1.54, 1.807) is 0 Å². The molecule has 3 heterocycles. The minimum atomic E-state index is -2.24. The molecular weight excluding hydrogens is 651 g/mol. The van der Waals surface area contributed by atoms with Gasteiger partial charge in [-0.05, 0) is 17.2 Å². The summed E-state index contributed by atoms with van der Waals surface area (Å²) in [6.07, 6.45) is 0. The maximum atomic E-state index is 6.30. The summed E-state index contributed by atoms with van der Waals surface area (Å²) in [7, 11) is -2.24. The fraction of sp³-hybridized carbons (Fsp3) is 0.0426. The van der Waals surface area contributed by atoms with Crippen molar-refractivity contribution < 1.29 is 4.42 Å². The van der Waals surface area contributed by atoms with Gasteiger partial charge in [0.1, 0.15) is 0 Å². The Labute approximate surface area is 303 Å². The molecule has 0 fully saturated rings. The van der Waals surface area contributed by atoms with Gasteiger partial charge in [0, 0.05) is 0 Å². The molecule has 5 heteroatoms. The summed E-state index contributed by atoms with van der Waals surface area (Å²) in [6, 6.07) is 57.8. The molecule has 0 aliphatic carbocycles. The Morgan fingerprint density at radius 1 is 0.365 bits per heavy atom. The quantitative estimate of drug-likeness (QED) is 0.169. The van der Waals surface area contributed by atoms with E-state index in [-0.39, 0.29) is 0 Å². The Balaban J connectivity index is 1.13. The normalized spacial score (nSPS) is 13.6. The second-order valence-electron chi connectivity index (χ2n) is 14.4. The van der Waals surface area contributed by atoms with Crippen LogP contribution in [0.15, 0.2) is 168 Å². The molecule has 4 nitrogen and oxygen atoms in total. The van der Waals surface area contributed by atoms with Gasteiger partial charge in [-0.2, -0.15) is 0 Å². The monoisotopic (exact) mass is 684 g/mol. The Bertz CT molecular complexity index is 2810. The van der Waals surface area contributed by atoms with Crippen LogP contribution in [-0.4, -0.2) is 23.0 Å². The fourth-order valence-electron chi connectivity index (χ4n) is 8.03. The van der Waals surface area contributed by atoms with Crippen LogP contribution in [-0.2, 0) is 0 Å². The molecule has 52 heavy (non-hydrogen) atoms. The third-order valence-electron chi connectivity index (χ3n) is 10.8. The van der Waals surface area contributed by atoms with E-state index in [0.29, 0.717) is 17.5 Å². The van der Waals surface area contributed by atoms with E-state index in [9.17, 15) is 0 Å². The molecule has 10 rings (SSSR count). The standard InChI is InChI=1S/C47H34N3OSi/c1-52(2)43-24-20-34(31-14-8-4-9-15-31)27-39(43)40-29-36(21-25-44(40)52)47-49-45(32-16-10-5-11-17-32)48-46(50-47)35-19-23-42-38(28-35)37-26-33(18-22-41(37)51-42)30-12-6-3-7-13-30/h3-29,52H,1-2H3/q-1. The summed E-state index contributed by atoms with van der Waals surface area (Å²) >= 11 is 0. The topological polar surface area (TPSA) is 51.8 Å². The van der Waals surface area contributed by atoms with Crippen LogP contribution in [0.5, 0.6) is 0 Å². The van der Waals surface area contributed by atoms with Crippen LogP contribution in [0.4, 0.5) is 0 Å². The zero-order valence-electron chi connectivity index (χ0n) is 28.9. The summed E-state index contributed by atoms with van der Waals surface area (Å²) in [5.74, 6) is 1.93. The molecule has 0 saturated heterocycles. The number of nitrogens with zero attached hydrogens (tertiary/aromatic N) is 3. The molecule has 0 saturated carbocycles. The Kier molecular flexibility index (Phi) is 6.91. The van der Waals surface area contributed by atoms with Crippen molar-refractivity contribution in [1.82, 2.24) is 15.0 Å². The van der Waals surface area contributed by atoms with Crippen molar-refractivity contribution >= 4 is 40.4 Å². The molecule has 0 unspecified atom stereocenters. The van der Waals surface area contributed by atoms with E-state index in [2.05, 4.69) is 147 Å². The van der Waals surface area contributed by atoms with Gasteiger partial charge in [0.15, 0.2) is 0 Å². The molecular formula is C47H34N3OSi-. The summed E-state index contributed by atoms with van der Waals surface area (Å²) in [5, 5.41) is 5.07. The van der Waals surface area contributed by atoms with Gasteiger partial charge in [-0.15, -0.1) is 0 Å². The van der Waals surface area contributed by atoms with Gasteiger partial charge >= 0.3 is 251 Å². The van der Waals surface area contributed by atoms with Crippen molar-refractivity contribution in [2.75, 3.05) is 0 Å². The maximum absolute atomic E-state index is 6.30. The molecule has 1 aliphatic rings. The first-order valence-corrected chi connectivity index (χ1v) is 21.4. The summed E-state index contributed by atoms with van der Waals surface area (Å²) in [4.78, 5) is 15.4. The molecule has 2 aromatic heterocycles. The molecule has 248 valence electrons. The van der Waals surface area contributed by atoms with Gasteiger partial charge in [-0.25, -0.2) is 0 Å². The number of hydrogen-bond acceptors (Lipinski definition) is 4. The SMILES string of the molecule is C[SiH-]1(C)c2ccc(-c3ccccc3)cc2-c2cc(-c3nc(-c4ccccc4)nc(-c4ccc5oc6ccc(-c7ccccc7)cc6c5c4)n3)ccc21. The first-order valence-electron chi connectivity index (χ1n) is 17.9. The molecule has 0 N–H and O–H groups in total. The summed E-state index contributed by atoms with van der Waals surface area (Å²) in [6.45, 7) is 4.96. The zero-order valence-corrected chi connectivity index (χ0v) is 30.1. The van der Waals surface area contributed by atoms with Crippen LogP contribution in [0.25, 0.3) is 89.5 Å². The number of benzene rings is 7. The van der Waals surface area contributed by atoms with Crippen LogP contribution in [0.3, 0.4) is 0 Å². The van der Waals surface area contributed by atoms with Gasteiger partial charge < -0.3 is 0 Å². The van der Waals surface area contributed by atoms with Crippen molar-refractivity contribution in [3.63, 3.8) is 0 Å². The van der Waals surface area contributed by atoms with E-state index < -0.39 is 8.07 Å². The fourth-order valence-corrected chi connectivity index (χ4v) is 11.6. The van der Waals surface area contributed by atoms with Crippen LogP contribution in [0.1, 0.15) is 0 Å². The third-order valence-corrected chi connectivity index (χ3v) is 14.9. The van der Waals surface area contributed by atoms with Gasteiger partial charge in [-0.1, -0.05) is 36.4 Å². The van der Waals surface area contributed by atoms with E-state index in [4.69, 9.17) is 19.4 Å². The van der Waals surface area contributed by atoms with Crippen molar-refractivity contribution in [3.05, 3.63) is 164 Å². The minimum absolute atomic E-state index is 0.628. The Morgan fingerprint density at radius 3 is 1.31 bits per heavy atom. The van der Waals surface area contributed by atoms with Crippen molar-refractivity contribution in [2.45, 2.75) is 13.1 Å². The van der Waals surface area contributed by atoms with Gasteiger partial charge in [0.2, 0.25) is 0 Å². The second kappa shape index (κ2) is 11.8. The van der Waals surface area contributed by atoms with Crippen LogP contribution >= 0.6 is 0 Å². The molecule has 1 aliphatic heterocycles. The number of aromatic nitrogens is 3. The van der Waals surface area contributed by atoms with E-state index in [1.807, 2.05) is 30.3 Å². The summed E-state index contributed by atoms with van der Waals surface area (Å²) < 4.78 is 6.30. The molecule has 7 aromatic carbocycles. The molecule has 0 radical (unpaired) electrons. The number of hydrogen-bond donors (Lipinski definition) is 0. The van der Waals surface area contributed by atoms with Crippen molar-refractivity contribution in [2.24, 2.45) is 0 Å². The first kappa shape index (κ1) is 30.4. The average molecular weight is 685 g/mol. The van der Waals surface area contributed by atoms with Gasteiger partial charge in [-0.3, -0.25) is 0 Å². The molecule has 0 bridgehead atoms. The van der Waals surface area contributed by atoms with E-state index >= 15 is 0 Å². The van der Waals surface area contributed by atoms with Crippen LogP contribution < -0.4 is 10.4 Å². The predicted molar refractivity (Wildman–Crippen MR) is 218 cm³/mol. The van der Waals surface area contributed by atoms with Crippen LogP contribution in [0.2, 0.25) is 13.1 Å². The Hall–Kier alpha value is -6.43. The summed E-state index contributed by atoms with van der Waals surface area (Å²) in [5.41, 5.74) is 11.9. The zero-order chi connectivity index (χ0) is 34.8. The van der Waals surface area contributed by atoms with E-state index in [0.717, 1.165) is 44.2 Å². The number of rotatable bonds is 5. The molecule has 0 atom stereocenters. The van der Waals surface area contributed by atoms with E-state index in [1.165, 1.54) is 38.2 Å². The van der Waals surface area contributed by atoms with Gasteiger partial charge in [0.05, 0.1) is 0 Å².